The van der Waals surface area contributed by atoms with E-state index in [1.54, 1.807) is 0 Å². The molecule has 0 heteroatoms. The van der Waals surface area contributed by atoms with Crippen LogP contribution in [0.4, 0.5) is 0 Å². The van der Waals surface area contributed by atoms with Gasteiger partial charge in [0.25, 0.3) is 0 Å². The van der Waals surface area contributed by atoms with Crippen molar-refractivity contribution < 1.29 is 0 Å². The van der Waals surface area contributed by atoms with E-state index in [9.17, 15) is 0 Å². The van der Waals surface area contributed by atoms with E-state index >= 15 is 0 Å². The van der Waals surface area contributed by atoms with Gasteiger partial charge in [-0.3, -0.25) is 0 Å². The molecule has 0 saturated heterocycles. The Morgan fingerprint density at radius 1 is 1.18 bits per heavy atom. The summed E-state index contributed by atoms with van der Waals surface area (Å²) in [5.41, 5.74) is 1.43. The Morgan fingerprint density at radius 2 is 1.73 bits per heavy atom. The molecule has 64 valence electrons. The Kier molecular flexibility index (Phi) is 1.16. The second-order valence-corrected chi connectivity index (χ2v) is 5.21. The van der Waals surface area contributed by atoms with Crippen molar-refractivity contribution in [1.29, 1.82) is 0 Å². The molecule has 0 aliphatic heterocycles. The van der Waals surface area contributed by atoms with Crippen molar-refractivity contribution in [2.75, 3.05) is 0 Å². The van der Waals surface area contributed by atoms with E-state index in [2.05, 4.69) is 34.6 Å². The highest BCUT2D eigenvalue weighted by Crippen LogP contribution is 2.83. The molecule has 0 aromatic carbocycles. The average Bonchev–Trinajstić information content (AvgIpc) is 2.52. The van der Waals surface area contributed by atoms with Gasteiger partial charge in [-0.05, 0) is 28.6 Å². The molecule has 2 aliphatic rings. The van der Waals surface area contributed by atoms with Gasteiger partial charge in [0.2, 0.25) is 0 Å². The molecule has 0 heterocycles. The molecule has 0 N–H and O–H groups in total. The molecular weight excluding hydrogens is 132 g/mol. The van der Waals surface area contributed by atoms with E-state index in [0.29, 0.717) is 5.41 Å². The molecule has 2 aliphatic carbocycles. The van der Waals surface area contributed by atoms with Crippen LogP contribution >= 0.6 is 0 Å². The van der Waals surface area contributed by atoms with Crippen LogP contribution in [0.15, 0.2) is 0 Å². The molecule has 0 spiro atoms. The molecule has 0 aromatic rings. The number of hydrogen-bond acceptors (Lipinski definition) is 0. The van der Waals surface area contributed by atoms with E-state index < -0.39 is 0 Å². The molecule has 0 radical (unpaired) electrons. The summed E-state index contributed by atoms with van der Waals surface area (Å²) in [6.45, 7) is 12.2. The van der Waals surface area contributed by atoms with E-state index in [0.717, 1.165) is 23.2 Å². The number of fused-ring (bicyclic) bond motifs is 1. The molecule has 2 fully saturated rings. The SMILES string of the molecule is CCC1(C)C(C)C2(C)C(C)C12. The van der Waals surface area contributed by atoms with Crippen LogP contribution in [0.1, 0.15) is 41.0 Å². The second-order valence-electron chi connectivity index (χ2n) is 5.21. The monoisotopic (exact) mass is 152 g/mol. The fourth-order valence-electron chi connectivity index (χ4n) is 4.11. The normalized spacial score (nSPS) is 66.8. The van der Waals surface area contributed by atoms with Gasteiger partial charge in [0.1, 0.15) is 0 Å². The zero-order chi connectivity index (χ0) is 8.44. The highest BCUT2D eigenvalue weighted by Gasteiger charge is 2.78. The minimum Gasteiger partial charge on any atom is -0.0648 e. The molecule has 11 heavy (non-hydrogen) atoms. The van der Waals surface area contributed by atoms with E-state index in [-0.39, 0.29) is 0 Å². The standard InChI is InChI=1S/C11H20/c1-6-10(4)8(3)11(5)7(2)9(10)11/h7-9H,6H2,1-5H3. The molecule has 2 rings (SSSR count). The van der Waals surface area contributed by atoms with Gasteiger partial charge in [0.05, 0.1) is 0 Å². The van der Waals surface area contributed by atoms with Crippen molar-refractivity contribution in [1.82, 2.24) is 0 Å². The van der Waals surface area contributed by atoms with Crippen LogP contribution in [0.25, 0.3) is 0 Å². The third-order valence-electron chi connectivity index (χ3n) is 5.44. The Hall–Kier alpha value is 0. The fraction of sp³-hybridized carbons (Fsp3) is 1.00. The lowest BCUT2D eigenvalue weighted by Crippen LogP contribution is -2.44. The molecule has 5 unspecified atom stereocenters. The molecule has 5 atom stereocenters. The first-order valence-corrected chi connectivity index (χ1v) is 4.99. The first kappa shape index (κ1) is 7.64. The van der Waals surface area contributed by atoms with Crippen molar-refractivity contribution in [3.8, 4) is 0 Å². The summed E-state index contributed by atoms with van der Waals surface area (Å²) in [6, 6.07) is 0. The third-order valence-corrected chi connectivity index (χ3v) is 5.44. The maximum atomic E-state index is 2.48. The molecule has 2 saturated carbocycles. The lowest BCUT2D eigenvalue weighted by Gasteiger charge is -2.50. The van der Waals surface area contributed by atoms with Gasteiger partial charge in [0.15, 0.2) is 0 Å². The smallest absolute Gasteiger partial charge is 0.0230 e. The van der Waals surface area contributed by atoms with Crippen LogP contribution < -0.4 is 0 Å². The van der Waals surface area contributed by atoms with Crippen LogP contribution in [0.3, 0.4) is 0 Å². The topological polar surface area (TPSA) is 0 Å². The van der Waals surface area contributed by atoms with E-state index in [1.165, 1.54) is 6.42 Å². The Morgan fingerprint density at radius 3 is 1.91 bits per heavy atom. The van der Waals surface area contributed by atoms with Crippen molar-refractivity contribution in [3.05, 3.63) is 0 Å². The second kappa shape index (κ2) is 1.67. The van der Waals surface area contributed by atoms with Crippen molar-refractivity contribution in [3.63, 3.8) is 0 Å². The Labute approximate surface area is 70.4 Å². The van der Waals surface area contributed by atoms with Gasteiger partial charge < -0.3 is 0 Å². The Balaban J connectivity index is 2.23. The van der Waals surface area contributed by atoms with Gasteiger partial charge in [-0.15, -0.1) is 0 Å². The fourth-order valence-corrected chi connectivity index (χ4v) is 4.11. The predicted molar refractivity (Wildman–Crippen MR) is 48.3 cm³/mol. The first-order valence-electron chi connectivity index (χ1n) is 4.99. The summed E-state index contributed by atoms with van der Waals surface area (Å²) >= 11 is 0. The predicted octanol–water partition coefficient (Wildman–Crippen LogP) is 3.32. The summed E-state index contributed by atoms with van der Waals surface area (Å²) in [4.78, 5) is 0. The maximum absolute atomic E-state index is 2.48. The van der Waals surface area contributed by atoms with Crippen LogP contribution in [0, 0.1) is 28.6 Å². The average molecular weight is 152 g/mol. The van der Waals surface area contributed by atoms with Gasteiger partial charge >= 0.3 is 0 Å². The van der Waals surface area contributed by atoms with Crippen molar-refractivity contribution >= 4 is 0 Å². The Bertz CT molecular complexity index is 186. The molecular formula is C11H20. The lowest BCUT2D eigenvalue weighted by molar-refractivity contribution is -0.0174. The molecule has 0 nitrogen and oxygen atoms in total. The minimum absolute atomic E-state index is 0.689. The lowest BCUT2D eigenvalue weighted by atomic mass is 9.55. The largest absolute Gasteiger partial charge is 0.0648 e. The third kappa shape index (κ3) is 0.522. The summed E-state index contributed by atoms with van der Waals surface area (Å²) in [7, 11) is 0. The summed E-state index contributed by atoms with van der Waals surface area (Å²) in [5, 5.41) is 0. The maximum Gasteiger partial charge on any atom is -0.0230 e. The van der Waals surface area contributed by atoms with Gasteiger partial charge in [-0.1, -0.05) is 41.0 Å². The van der Waals surface area contributed by atoms with Crippen LogP contribution in [0.2, 0.25) is 0 Å². The number of rotatable bonds is 1. The molecule has 0 amide bonds. The molecule has 0 aromatic heterocycles. The van der Waals surface area contributed by atoms with Crippen molar-refractivity contribution in [2.24, 2.45) is 28.6 Å². The summed E-state index contributed by atoms with van der Waals surface area (Å²) < 4.78 is 0. The summed E-state index contributed by atoms with van der Waals surface area (Å²) in [5.74, 6) is 3.01. The summed E-state index contributed by atoms with van der Waals surface area (Å²) in [6.07, 6.45) is 1.37. The van der Waals surface area contributed by atoms with Crippen LogP contribution in [0.5, 0.6) is 0 Å². The van der Waals surface area contributed by atoms with Gasteiger partial charge in [-0.25, -0.2) is 0 Å². The highest BCUT2D eigenvalue weighted by molar-refractivity contribution is 5.25. The quantitative estimate of drug-likeness (QED) is 0.540. The number of hydrogen-bond donors (Lipinski definition) is 0. The minimum atomic E-state index is 0.689. The first-order chi connectivity index (χ1) is 4.99. The zero-order valence-electron chi connectivity index (χ0n) is 8.44. The van der Waals surface area contributed by atoms with Crippen LogP contribution in [-0.2, 0) is 0 Å². The molecule has 0 bridgehead atoms. The van der Waals surface area contributed by atoms with E-state index in [1.807, 2.05) is 0 Å². The van der Waals surface area contributed by atoms with Gasteiger partial charge in [0, 0.05) is 0 Å². The zero-order valence-corrected chi connectivity index (χ0v) is 8.44. The highest BCUT2D eigenvalue weighted by atomic mass is 14.8. The van der Waals surface area contributed by atoms with Crippen molar-refractivity contribution in [2.45, 2.75) is 41.0 Å². The van der Waals surface area contributed by atoms with Gasteiger partial charge in [-0.2, -0.15) is 0 Å². The van der Waals surface area contributed by atoms with Crippen LogP contribution in [-0.4, -0.2) is 0 Å². The van der Waals surface area contributed by atoms with E-state index in [4.69, 9.17) is 0 Å².